The minimum atomic E-state index is 1.29. The highest BCUT2D eigenvalue weighted by Gasteiger charge is 2.11. The van der Waals surface area contributed by atoms with E-state index in [9.17, 15) is 0 Å². The number of fused-ring (bicyclic) bond motifs is 10. The lowest BCUT2D eigenvalue weighted by Crippen LogP contribution is -1.85. The van der Waals surface area contributed by atoms with Gasteiger partial charge in [0.05, 0.1) is 0 Å². The third-order valence-electron chi connectivity index (χ3n) is 8.83. The molecule has 9 aromatic rings. The van der Waals surface area contributed by atoms with Gasteiger partial charge >= 0.3 is 0 Å². The van der Waals surface area contributed by atoms with Crippen molar-refractivity contribution in [1.29, 1.82) is 0 Å². The summed E-state index contributed by atoms with van der Waals surface area (Å²) in [6.45, 7) is 4.34. The van der Waals surface area contributed by atoms with Gasteiger partial charge in [-0.3, -0.25) is 0 Å². The normalized spacial score (nSPS) is 12.0. The first kappa shape index (κ1) is 24.1. The topological polar surface area (TPSA) is 0 Å². The standard InChI is InChI=1S/C40H26S2/c1-23-3-17-39(41-23)29-9-11-31-25(19-29)5-15-35-33(31)13-7-27-22-38-28(21-37(27)35)8-14-34-32-12-10-30(40-18-4-24(2)42-40)20-26(32)6-16-36(34)38/h3-22H,1-2H3. The lowest BCUT2D eigenvalue weighted by atomic mass is 9.92. The molecular formula is C40H26S2. The van der Waals surface area contributed by atoms with Crippen LogP contribution in [0.4, 0.5) is 0 Å². The minimum absolute atomic E-state index is 1.29. The first-order valence-electron chi connectivity index (χ1n) is 14.4. The molecule has 0 nitrogen and oxygen atoms in total. The molecule has 9 rings (SSSR count). The van der Waals surface area contributed by atoms with Crippen LogP contribution in [0.15, 0.2) is 121 Å². The maximum absolute atomic E-state index is 2.40. The quantitative estimate of drug-likeness (QED) is 0.143. The van der Waals surface area contributed by atoms with Crippen molar-refractivity contribution in [1.82, 2.24) is 0 Å². The molecule has 0 spiro atoms. The Hall–Kier alpha value is -4.50. The molecule has 0 bridgehead atoms. The van der Waals surface area contributed by atoms with Crippen LogP contribution >= 0.6 is 22.7 Å². The Bertz CT molecular complexity index is 2360. The number of hydrogen-bond acceptors (Lipinski definition) is 2. The molecule has 0 aliphatic rings. The number of benzene rings is 7. The fourth-order valence-electron chi connectivity index (χ4n) is 6.74. The van der Waals surface area contributed by atoms with Crippen LogP contribution in [0.2, 0.25) is 0 Å². The summed E-state index contributed by atoms with van der Waals surface area (Å²) in [5.41, 5.74) is 2.59. The van der Waals surface area contributed by atoms with Crippen LogP contribution < -0.4 is 0 Å². The molecule has 0 aliphatic heterocycles. The van der Waals surface area contributed by atoms with Crippen LogP contribution in [0.1, 0.15) is 9.75 Å². The van der Waals surface area contributed by atoms with Gasteiger partial charge in [-0.1, -0.05) is 72.8 Å². The van der Waals surface area contributed by atoms with E-state index in [4.69, 9.17) is 0 Å². The van der Waals surface area contributed by atoms with Crippen molar-refractivity contribution in [2.75, 3.05) is 0 Å². The van der Waals surface area contributed by atoms with E-state index >= 15 is 0 Å². The third-order valence-corrected chi connectivity index (χ3v) is 10.9. The summed E-state index contributed by atoms with van der Waals surface area (Å²) >= 11 is 3.72. The lowest BCUT2D eigenvalue weighted by Gasteiger charge is -2.12. The Balaban J connectivity index is 1.21. The van der Waals surface area contributed by atoms with Gasteiger partial charge in [0.15, 0.2) is 0 Å². The Labute approximate surface area is 252 Å². The first-order chi connectivity index (χ1) is 20.6. The van der Waals surface area contributed by atoms with Gasteiger partial charge in [-0.15, -0.1) is 22.7 Å². The Kier molecular flexibility index (Phi) is 5.17. The van der Waals surface area contributed by atoms with Crippen LogP contribution in [-0.4, -0.2) is 0 Å². The molecule has 42 heavy (non-hydrogen) atoms. The van der Waals surface area contributed by atoms with Crippen LogP contribution in [0.5, 0.6) is 0 Å². The molecule has 0 fully saturated rings. The fourth-order valence-corrected chi connectivity index (χ4v) is 8.47. The molecule has 0 aliphatic carbocycles. The summed E-state index contributed by atoms with van der Waals surface area (Å²) in [7, 11) is 0. The van der Waals surface area contributed by atoms with Crippen molar-refractivity contribution in [2.24, 2.45) is 0 Å². The first-order valence-corrected chi connectivity index (χ1v) is 16.0. The van der Waals surface area contributed by atoms with Gasteiger partial charge in [-0.25, -0.2) is 0 Å². The van der Waals surface area contributed by atoms with Crippen molar-refractivity contribution in [2.45, 2.75) is 13.8 Å². The lowest BCUT2D eigenvalue weighted by molar-refractivity contribution is 1.64. The Morgan fingerprint density at radius 3 is 1.05 bits per heavy atom. The molecule has 7 aromatic carbocycles. The summed E-state index contributed by atoms with van der Waals surface area (Å²) in [6, 6.07) is 46.0. The van der Waals surface area contributed by atoms with E-state index in [1.807, 2.05) is 22.7 Å². The molecule has 2 aromatic heterocycles. The van der Waals surface area contributed by atoms with E-state index in [1.54, 1.807) is 0 Å². The smallest absolute Gasteiger partial charge is 0.0345 e. The second-order valence-electron chi connectivity index (χ2n) is 11.4. The molecule has 0 saturated carbocycles. The zero-order valence-electron chi connectivity index (χ0n) is 23.4. The highest BCUT2D eigenvalue weighted by Crippen LogP contribution is 2.39. The molecule has 0 N–H and O–H groups in total. The molecule has 198 valence electrons. The van der Waals surface area contributed by atoms with E-state index in [0.29, 0.717) is 0 Å². The van der Waals surface area contributed by atoms with E-state index in [1.165, 1.54) is 95.3 Å². The number of rotatable bonds is 2. The Morgan fingerprint density at radius 1 is 0.310 bits per heavy atom. The molecule has 0 unspecified atom stereocenters. The van der Waals surface area contributed by atoms with Crippen molar-refractivity contribution in [3.63, 3.8) is 0 Å². The molecule has 0 atom stereocenters. The zero-order chi connectivity index (χ0) is 27.9. The second-order valence-corrected chi connectivity index (χ2v) is 14.0. The van der Waals surface area contributed by atoms with Crippen LogP contribution in [0.25, 0.3) is 85.5 Å². The van der Waals surface area contributed by atoms with Gasteiger partial charge < -0.3 is 0 Å². The average molecular weight is 571 g/mol. The Morgan fingerprint density at radius 2 is 0.667 bits per heavy atom. The largest absolute Gasteiger partial charge is 0.141 e. The van der Waals surface area contributed by atoms with Gasteiger partial charge in [0.25, 0.3) is 0 Å². The predicted molar refractivity (Wildman–Crippen MR) is 188 cm³/mol. The highest BCUT2D eigenvalue weighted by atomic mass is 32.1. The average Bonchev–Trinajstić information content (AvgIpc) is 3.67. The molecule has 0 amide bonds. The van der Waals surface area contributed by atoms with Crippen molar-refractivity contribution in [3.8, 4) is 20.9 Å². The van der Waals surface area contributed by atoms with Crippen molar-refractivity contribution >= 4 is 87.3 Å². The van der Waals surface area contributed by atoms with Crippen molar-refractivity contribution < 1.29 is 0 Å². The van der Waals surface area contributed by atoms with Crippen LogP contribution in [-0.2, 0) is 0 Å². The van der Waals surface area contributed by atoms with E-state index in [2.05, 4.69) is 135 Å². The maximum Gasteiger partial charge on any atom is 0.0345 e. The number of aryl methyl sites for hydroxylation is 2. The van der Waals surface area contributed by atoms with Gasteiger partial charge in [0.1, 0.15) is 0 Å². The van der Waals surface area contributed by atoms with Gasteiger partial charge in [0, 0.05) is 19.5 Å². The second kappa shape index (κ2) is 9.00. The van der Waals surface area contributed by atoms with E-state index in [0.717, 1.165) is 0 Å². The summed E-state index contributed by atoms with van der Waals surface area (Å²) < 4.78 is 0. The maximum atomic E-state index is 2.40. The van der Waals surface area contributed by atoms with Crippen molar-refractivity contribution in [3.05, 3.63) is 131 Å². The van der Waals surface area contributed by atoms with E-state index in [-0.39, 0.29) is 0 Å². The molecule has 2 heterocycles. The molecule has 0 saturated heterocycles. The fraction of sp³-hybridized carbons (Fsp3) is 0.0500. The van der Waals surface area contributed by atoms with Crippen LogP contribution in [0, 0.1) is 13.8 Å². The van der Waals surface area contributed by atoms with Crippen LogP contribution in [0.3, 0.4) is 0 Å². The molecular weight excluding hydrogens is 545 g/mol. The number of thiophene rings is 2. The highest BCUT2D eigenvalue weighted by molar-refractivity contribution is 7.15. The monoisotopic (exact) mass is 570 g/mol. The summed E-state index contributed by atoms with van der Waals surface area (Å²) in [6.07, 6.45) is 0. The van der Waals surface area contributed by atoms with E-state index < -0.39 is 0 Å². The van der Waals surface area contributed by atoms with Gasteiger partial charge in [-0.05, 0) is 138 Å². The summed E-state index contributed by atoms with van der Waals surface area (Å²) in [5, 5.41) is 15.7. The third kappa shape index (κ3) is 3.66. The minimum Gasteiger partial charge on any atom is -0.141 e. The van der Waals surface area contributed by atoms with Gasteiger partial charge in [0.2, 0.25) is 0 Å². The SMILES string of the molecule is Cc1ccc(-c2ccc3c(ccc4c5cc6ccc7c8ccc(-c9ccc(C)s9)cc8ccc7c6cc5ccc34)c2)s1. The molecule has 0 radical (unpaired) electrons. The summed E-state index contributed by atoms with van der Waals surface area (Å²) in [5.74, 6) is 0. The van der Waals surface area contributed by atoms with Gasteiger partial charge in [-0.2, -0.15) is 0 Å². The number of hydrogen-bond donors (Lipinski definition) is 0. The molecule has 2 heteroatoms. The predicted octanol–water partition coefficient (Wildman–Crippen LogP) is 12.7. The zero-order valence-corrected chi connectivity index (χ0v) is 25.0. The summed E-state index contributed by atoms with van der Waals surface area (Å²) in [4.78, 5) is 5.36.